The van der Waals surface area contributed by atoms with E-state index >= 15 is 4.79 Å². The standard InChI is InChI=1S/C40H30Cl3F3N4O7/c1-56-29-14-23(51)15-30(57-2)32(29)33-24-11-12-25-31(37(54)49(35(25)52)22-9-7-21(42)8-10-22)26(24)16-27-36(53)50(38(55)39(27,33)18-3-5-20(41)6-4-18)48-34-28(43)13-19(17-47-34)40(44,45)46/h3-11,13-15,17,25-27,31,33,51H,12,16H2,1-2H3,(H,47,48)/t25-,26+,27-,31-,33+,39+/m0/s1. The Morgan fingerprint density at radius 1 is 0.860 bits per heavy atom. The summed E-state index contributed by atoms with van der Waals surface area (Å²) in [7, 11) is 2.71. The minimum absolute atomic E-state index is 0.0864. The number of fused-ring (bicyclic) bond motifs is 4. The fraction of sp³-hybridized carbons (Fsp3) is 0.275. The first-order valence-electron chi connectivity index (χ1n) is 17.5. The highest BCUT2D eigenvalue weighted by Crippen LogP contribution is 2.66. The van der Waals surface area contributed by atoms with Crippen molar-refractivity contribution in [3.63, 3.8) is 0 Å². The van der Waals surface area contributed by atoms with Gasteiger partial charge < -0.3 is 14.6 Å². The number of alkyl halides is 3. The number of allylic oxidation sites excluding steroid dienone is 2. The molecule has 0 unspecified atom stereocenters. The van der Waals surface area contributed by atoms with E-state index in [1.165, 1.54) is 26.4 Å². The fourth-order valence-electron chi connectivity index (χ4n) is 9.15. The van der Waals surface area contributed by atoms with Gasteiger partial charge in [-0.2, -0.15) is 18.2 Å². The zero-order valence-electron chi connectivity index (χ0n) is 29.8. The van der Waals surface area contributed by atoms with Crippen LogP contribution in [0.2, 0.25) is 15.1 Å². The molecule has 3 aromatic carbocycles. The molecule has 17 heteroatoms. The molecule has 3 fully saturated rings. The summed E-state index contributed by atoms with van der Waals surface area (Å²) in [4.78, 5) is 64.0. The van der Waals surface area contributed by atoms with Gasteiger partial charge in [-0.25, -0.2) is 4.98 Å². The van der Waals surface area contributed by atoms with Crippen LogP contribution in [0.25, 0.3) is 0 Å². The van der Waals surface area contributed by atoms with E-state index in [0.717, 1.165) is 4.90 Å². The number of carbonyl (C=O) groups is 4. The number of nitrogens with zero attached hydrogens (tertiary/aromatic N) is 3. The molecule has 4 aliphatic rings. The second kappa shape index (κ2) is 14.0. The monoisotopic (exact) mass is 840 g/mol. The zero-order chi connectivity index (χ0) is 40.7. The van der Waals surface area contributed by atoms with Crippen molar-refractivity contribution in [2.75, 3.05) is 24.5 Å². The van der Waals surface area contributed by atoms with E-state index in [9.17, 15) is 32.7 Å². The second-order valence-electron chi connectivity index (χ2n) is 14.2. The van der Waals surface area contributed by atoms with Crippen molar-refractivity contribution in [2.45, 2.75) is 30.4 Å². The maximum Gasteiger partial charge on any atom is 0.417 e. The van der Waals surface area contributed by atoms with Gasteiger partial charge in [0, 0.05) is 39.9 Å². The van der Waals surface area contributed by atoms with Gasteiger partial charge in [0.1, 0.15) is 17.2 Å². The molecule has 6 atom stereocenters. The smallest absolute Gasteiger partial charge is 0.417 e. The predicted molar refractivity (Wildman–Crippen MR) is 202 cm³/mol. The lowest BCUT2D eigenvalue weighted by atomic mass is 9.49. The Bertz CT molecular complexity index is 2370. The number of amides is 4. The number of benzene rings is 3. The number of hydrazine groups is 1. The summed E-state index contributed by atoms with van der Waals surface area (Å²) in [5.41, 5.74) is 1.02. The lowest BCUT2D eigenvalue weighted by molar-refractivity contribution is -0.139. The van der Waals surface area contributed by atoms with Gasteiger partial charge in [0.05, 0.1) is 53.7 Å². The quantitative estimate of drug-likeness (QED) is 0.140. The average molecular weight is 842 g/mol. The number of rotatable bonds is 7. The number of phenols is 1. The van der Waals surface area contributed by atoms with Crippen LogP contribution in [0.5, 0.6) is 17.2 Å². The summed E-state index contributed by atoms with van der Waals surface area (Å²) in [6, 6.07) is 15.8. The lowest BCUT2D eigenvalue weighted by Crippen LogP contribution is -2.53. The number of nitrogens with one attached hydrogen (secondary N) is 1. The number of halogens is 6. The molecule has 1 saturated carbocycles. The zero-order valence-corrected chi connectivity index (χ0v) is 32.1. The highest BCUT2D eigenvalue weighted by Gasteiger charge is 2.71. The van der Waals surface area contributed by atoms with Crippen molar-refractivity contribution >= 4 is 69.9 Å². The van der Waals surface area contributed by atoms with E-state index in [4.69, 9.17) is 44.3 Å². The molecule has 4 aromatic rings. The number of anilines is 2. The van der Waals surface area contributed by atoms with Crippen LogP contribution < -0.4 is 19.8 Å². The maximum atomic E-state index is 15.5. The fourth-order valence-corrected chi connectivity index (χ4v) is 9.61. The van der Waals surface area contributed by atoms with Gasteiger partial charge in [0.25, 0.3) is 11.8 Å². The van der Waals surface area contributed by atoms with Crippen LogP contribution in [0.4, 0.5) is 24.7 Å². The van der Waals surface area contributed by atoms with Crippen molar-refractivity contribution in [1.82, 2.24) is 9.99 Å². The van der Waals surface area contributed by atoms with E-state index < -0.39 is 81.2 Å². The molecule has 11 nitrogen and oxygen atoms in total. The average Bonchev–Trinajstić information content (AvgIpc) is 3.56. The molecule has 2 aliphatic heterocycles. The van der Waals surface area contributed by atoms with Crippen LogP contribution in [0.15, 0.2) is 84.6 Å². The van der Waals surface area contributed by atoms with E-state index in [0.29, 0.717) is 44.1 Å². The normalized spacial score (nSPS) is 25.5. The number of hydrogen-bond acceptors (Lipinski definition) is 9. The molecule has 2 saturated heterocycles. The van der Waals surface area contributed by atoms with Crippen LogP contribution in [-0.4, -0.2) is 52.9 Å². The van der Waals surface area contributed by atoms with Crippen molar-refractivity contribution in [3.8, 4) is 17.2 Å². The SMILES string of the molecule is COc1cc(O)cc(OC)c1[C@H]1C2=CC[C@@H]3C(=O)N(c4ccc(Cl)cc4)C(=O)[C@@H]3[C@@H]2C[C@H]2C(=O)N(Nc3ncc(C(F)(F)F)cc3Cl)C(=O)[C@@]12c1ccc(Cl)cc1. The molecular formula is C40H30Cl3F3N4O7. The van der Waals surface area contributed by atoms with E-state index in [-0.39, 0.29) is 35.7 Å². The van der Waals surface area contributed by atoms with Crippen molar-refractivity contribution < 1.29 is 46.9 Å². The molecule has 0 bridgehead atoms. The highest BCUT2D eigenvalue weighted by atomic mass is 35.5. The summed E-state index contributed by atoms with van der Waals surface area (Å²) < 4.78 is 52.3. The van der Waals surface area contributed by atoms with Gasteiger partial charge in [-0.3, -0.25) is 29.5 Å². The summed E-state index contributed by atoms with van der Waals surface area (Å²) in [6.45, 7) is 0. The first-order valence-corrected chi connectivity index (χ1v) is 18.7. The van der Waals surface area contributed by atoms with Gasteiger partial charge >= 0.3 is 6.18 Å². The summed E-state index contributed by atoms with van der Waals surface area (Å²) in [6.07, 6.45) is -2.46. The van der Waals surface area contributed by atoms with Crippen LogP contribution >= 0.6 is 34.8 Å². The Morgan fingerprint density at radius 2 is 1.47 bits per heavy atom. The number of pyridine rings is 1. The van der Waals surface area contributed by atoms with Crippen LogP contribution in [0, 0.1) is 23.7 Å². The first-order chi connectivity index (χ1) is 27.1. The highest BCUT2D eigenvalue weighted by molar-refractivity contribution is 6.33. The summed E-state index contributed by atoms with van der Waals surface area (Å²) in [5, 5.41) is 11.6. The first kappa shape index (κ1) is 38.6. The number of methoxy groups -OCH3 is 2. The molecule has 0 radical (unpaired) electrons. The number of imide groups is 2. The molecular weight excluding hydrogens is 812 g/mol. The van der Waals surface area contributed by atoms with Crippen LogP contribution in [0.1, 0.15) is 35.4 Å². The molecule has 2 aliphatic carbocycles. The van der Waals surface area contributed by atoms with E-state index in [2.05, 4.69) is 10.4 Å². The number of hydrogen-bond donors (Lipinski definition) is 2. The number of aromatic hydroxyl groups is 1. The largest absolute Gasteiger partial charge is 0.508 e. The van der Waals surface area contributed by atoms with Gasteiger partial charge in [0.2, 0.25) is 11.8 Å². The minimum atomic E-state index is -4.78. The van der Waals surface area contributed by atoms with Gasteiger partial charge in [0.15, 0.2) is 5.82 Å². The third-order valence-corrected chi connectivity index (χ3v) is 12.3. The molecule has 1 aromatic heterocycles. The summed E-state index contributed by atoms with van der Waals surface area (Å²) in [5.74, 6) is -8.08. The Balaban J connectivity index is 1.36. The topological polar surface area (TPSA) is 138 Å². The van der Waals surface area contributed by atoms with Crippen LogP contribution in [0.3, 0.4) is 0 Å². The van der Waals surface area contributed by atoms with E-state index in [1.54, 1.807) is 48.5 Å². The van der Waals surface area contributed by atoms with Crippen LogP contribution in [-0.2, 0) is 30.8 Å². The molecule has 4 amide bonds. The Morgan fingerprint density at radius 3 is 2.05 bits per heavy atom. The number of carbonyl (C=O) groups excluding carboxylic acids is 4. The van der Waals surface area contributed by atoms with Gasteiger partial charge in [-0.05, 0) is 66.8 Å². The predicted octanol–water partition coefficient (Wildman–Crippen LogP) is 7.97. The molecule has 2 N–H and O–H groups in total. The number of phenolic OH excluding ortho intramolecular Hbond substituents is 1. The third-order valence-electron chi connectivity index (χ3n) is 11.5. The number of aromatic nitrogens is 1. The Kier molecular flexibility index (Phi) is 9.44. The number of ether oxygens (including phenoxy) is 2. The Labute approximate surface area is 337 Å². The van der Waals surface area contributed by atoms with Crippen molar-refractivity contribution in [2.24, 2.45) is 23.7 Å². The maximum absolute atomic E-state index is 15.5. The molecule has 8 rings (SSSR count). The molecule has 294 valence electrons. The molecule has 0 spiro atoms. The minimum Gasteiger partial charge on any atom is -0.508 e. The summed E-state index contributed by atoms with van der Waals surface area (Å²) >= 11 is 18.8. The molecule has 57 heavy (non-hydrogen) atoms. The Hall–Kier alpha value is -5.31. The van der Waals surface area contributed by atoms with Crippen molar-refractivity contribution in [1.29, 1.82) is 0 Å². The molecule has 3 heterocycles. The third kappa shape index (κ3) is 5.90. The van der Waals surface area contributed by atoms with E-state index in [1.807, 2.05) is 6.08 Å². The van der Waals surface area contributed by atoms with Crippen molar-refractivity contribution in [3.05, 3.63) is 116 Å². The van der Waals surface area contributed by atoms with Gasteiger partial charge in [-0.15, -0.1) is 0 Å². The second-order valence-corrected chi connectivity index (χ2v) is 15.5. The van der Waals surface area contributed by atoms with Gasteiger partial charge in [-0.1, -0.05) is 58.6 Å². The lowest BCUT2D eigenvalue weighted by Gasteiger charge is -2.51.